The number of benzene rings is 1. The number of fused-ring (bicyclic) bond motifs is 1. The number of para-hydroxylation sites is 1. The normalized spacial score (nSPS) is 11.4. The molecule has 0 radical (unpaired) electrons. The van der Waals surface area contributed by atoms with E-state index in [0.717, 1.165) is 11.2 Å². The molecule has 1 aromatic carbocycles. The van der Waals surface area contributed by atoms with Crippen LogP contribution in [0.1, 0.15) is 5.69 Å². The van der Waals surface area contributed by atoms with Crippen molar-refractivity contribution in [3.05, 3.63) is 36.0 Å². The standard InChI is InChI=1S/C14H15NSi/c1-5-12-14(16(2,3)4)10-11-8-6-7-9-13(11)15-12/h1,6-10H,2-4H3. The van der Waals surface area contributed by atoms with Gasteiger partial charge in [-0.3, -0.25) is 0 Å². The van der Waals surface area contributed by atoms with Gasteiger partial charge in [-0.25, -0.2) is 4.98 Å². The molecule has 0 fully saturated rings. The van der Waals surface area contributed by atoms with Crippen molar-refractivity contribution in [2.24, 2.45) is 0 Å². The van der Waals surface area contributed by atoms with Crippen molar-refractivity contribution in [2.75, 3.05) is 0 Å². The summed E-state index contributed by atoms with van der Waals surface area (Å²) >= 11 is 0. The monoisotopic (exact) mass is 225 g/mol. The lowest BCUT2D eigenvalue weighted by atomic mass is 10.2. The molecule has 0 unspecified atom stereocenters. The Bertz CT molecular complexity index is 573. The number of rotatable bonds is 1. The topological polar surface area (TPSA) is 12.9 Å². The average molecular weight is 225 g/mol. The number of aromatic nitrogens is 1. The molecule has 0 aliphatic carbocycles. The predicted molar refractivity (Wildman–Crippen MR) is 72.7 cm³/mol. The van der Waals surface area contributed by atoms with E-state index in [2.05, 4.69) is 42.7 Å². The van der Waals surface area contributed by atoms with E-state index >= 15 is 0 Å². The zero-order valence-corrected chi connectivity index (χ0v) is 10.9. The summed E-state index contributed by atoms with van der Waals surface area (Å²) in [4.78, 5) is 4.56. The molecule has 0 saturated heterocycles. The molecule has 1 nitrogen and oxygen atoms in total. The van der Waals surface area contributed by atoms with Crippen molar-refractivity contribution < 1.29 is 0 Å². The number of nitrogens with zero attached hydrogens (tertiary/aromatic N) is 1. The summed E-state index contributed by atoms with van der Waals surface area (Å²) in [7, 11) is -1.42. The highest BCUT2D eigenvalue weighted by Crippen LogP contribution is 2.13. The third-order valence-corrected chi connectivity index (χ3v) is 4.67. The fourth-order valence-corrected chi connectivity index (χ4v) is 3.22. The van der Waals surface area contributed by atoms with Gasteiger partial charge in [0.2, 0.25) is 0 Å². The van der Waals surface area contributed by atoms with Crippen LogP contribution >= 0.6 is 0 Å². The molecule has 1 aromatic heterocycles. The first-order valence-electron chi connectivity index (χ1n) is 5.39. The van der Waals surface area contributed by atoms with Gasteiger partial charge in [0, 0.05) is 5.39 Å². The van der Waals surface area contributed by atoms with Gasteiger partial charge in [0.05, 0.1) is 13.6 Å². The van der Waals surface area contributed by atoms with E-state index in [1.165, 1.54) is 10.6 Å². The molecule has 2 heteroatoms. The van der Waals surface area contributed by atoms with Crippen LogP contribution in [0.5, 0.6) is 0 Å². The van der Waals surface area contributed by atoms with Gasteiger partial charge in [-0.2, -0.15) is 0 Å². The molecule has 0 bridgehead atoms. The Morgan fingerprint density at radius 2 is 1.88 bits per heavy atom. The van der Waals surface area contributed by atoms with E-state index in [1.54, 1.807) is 0 Å². The van der Waals surface area contributed by atoms with Crippen molar-refractivity contribution in [2.45, 2.75) is 19.6 Å². The first kappa shape index (κ1) is 10.9. The molecular formula is C14H15NSi. The SMILES string of the molecule is C#Cc1nc2ccccc2cc1[Si](C)(C)C. The molecule has 2 rings (SSSR count). The fraction of sp³-hybridized carbons (Fsp3) is 0.214. The highest BCUT2D eigenvalue weighted by Gasteiger charge is 2.21. The molecule has 80 valence electrons. The van der Waals surface area contributed by atoms with Gasteiger partial charge in [0.15, 0.2) is 0 Å². The number of pyridine rings is 1. The third kappa shape index (κ3) is 1.87. The number of terminal acetylenes is 1. The minimum atomic E-state index is -1.42. The van der Waals surface area contributed by atoms with Crippen LogP contribution in [-0.2, 0) is 0 Å². The summed E-state index contributed by atoms with van der Waals surface area (Å²) in [6, 6.07) is 10.3. The van der Waals surface area contributed by atoms with Gasteiger partial charge in [0.1, 0.15) is 5.69 Å². The molecule has 0 atom stereocenters. The second-order valence-corrected chi connectivity index (χ2v) is 10.0. The Hall–Kier alpha value is -1.59. The van der Waals surface area contributed by atoms with E-state index in [9.17, 15) is 0 Å². The molecule has 0 aliphatic heterocycles. The Labute approximate surface area is 97.5 Å². The van der Waals surface area contributed by atoms with E-state index in [-0.39, 0.29) is 0 Å². The van der Waals surface area contributed by atoms with Gasteiger partial charge in [-0.15, -0.1) is 6.42 Å². The van der Waals surface area contributed by atoms with Crippen molar-refractivity contribution in [3.63, 3.8) is 0 Å². The molecule has 0 spiro atoms. The van der Waals surface area contributed by atoms with Crippen molar-refractivity contribution in [1.29, 1.82) is 0 Å². The number of hydrogen-bond donors (Lipinski definition) is 0. The maximum absolute atomic E-state index is 5.55. The van der Waals surface area contributed by atoms with Gasteiger partial charge < -0.3 is 0 Å². The van der Waals surface area contributed by atoms with Crippen LogP contribution in [0.2, 0.25) is 19.6 Å². The zero-order valence-electron chi connectivity index (χ0n) is 9.91. The highest BCUT2D eigenvalue weighted by molar-refractivity contribution is 6.89. The second-order valence-electron chi connectivity index (χ2n) is 4.97. The summed E-state index contributed by atoms with van der Waals surface area (Å²) in [5.74, 6) is 2.72. The van der Waals surface area contributed by atoms with E-state index in [1.807, 2.05) is 18.2 Å². The first-order chi connectivity index (χ1) is 7.52. The molecule has 0 amide bonds. The average Bonchev–Trinajstić information content (AvgIpc) is 2.26. The molecule has 0 saturated carbocycles. The van der Waals surface area contributed by atoms with Crippen LogP contribution < -0.4 is 5.19 Å². The minimum absolute atomic E-state index is 0.817. The lowest BCUT2D eigenvalue weighted by Crippen LogP contribution is -2.40. The van der Waals surface area contributed by atoms with Crippen molar-refractivity contribution >= 4 is 24.2 Å². The Balaban J connectivity index is 2.79. The second kappa shape index (κ2) is 3.77. The smallest absolute Gasteiger partial charge is 0.112 e. The summed E-state index contributed by atoms with van der Waals surface area (Å²) in [6.07, 6.45) is 5.55. The molecule has 0 N–H and O–H groups in total. The molecular weight excluding hydrogens is 210 g/mol. The van der Waals surface area contributed by atoms with Crippen LogP contribution in [0.4, 0.5) is 0 Å². The Morgan fingerprint density at radius 3 is 2.50 bits per heavy atom. The number of hydrogen-bond acceptors (Lipinski definition) is 1. The van der Waals surface area contributed by atoms with E-state index in [4.69, 9.17) is 6.42 Å². The van der Waals surface area contributed by atoms with Crippen LogP contribution in [-0.4, -0.2) is 13.1 Å². The molecule has 2 aromatic rings. The Kier molecular flexibility index (Phi) is 2.57. The lowest BCUT2D eigenvalue weighted by molar-refractivity contribution is 1.38. The van der Waals surface area contributed by atoms with Gasteiger partial charge in [0.25, 0.3) is 0 Å². The Morgan fingerprint density at radius 1 is 1.19 bits per heavy atom. The molecule has 16 heavy (non-hydrogen) atoms. The maximum Gasteiger partial charge on any atom is 0.112 e. The predicted octanol–water partition coefficient (Wildman–Crippen LogP) is 2.76. The van der Waals surface area contributed by atoms with Gasteiger partial charge in [-0.05, 0) is 11.3 Å². The summed E-state index contributed by atoms with van der Waals surface area (Å²) in [6.45, 7) is 6.87. The highest BCUT2D eigenvalue weighted by atomic mass is 28.3. The summed E-state index contributed by atoms with van der Waals surface area (Å²) in [5, 5.41) is 2.45. The van der Waals surface area contributed by atoms with Crippen LogP contribution in [0.25, 0.3) is 10.9 Å². The minimum Gasteiger partial charge on any atom is -0.239 e. The lowest BCUT2D eigenvalue weighted by Gasteiger charge is -2.18. The summed E-state index contributed by atoms with van der Waals surface area (Å²) < 4.78 is 0. The van der Waals surface area contributed by atoms with Gasteiger partial charge >= 0.3 is 0 Å². The largest absolute Gasteiger partial charge is 0.239 e. The first-order valence-corrected chi connectivity index (χ1v) is 8.89. The maximum atomic E-state index is 5.55. The zero-order chi connectivity index (χ0) is 11.8. The van der Waals surface area contributed by atoms with Crippen LogP contribution in [0.3, 0.4) is 0 Å². The van der Waals surface area contributed by atoms with Gasteiger partial charge in [-0.1, -0.05) is 49.8 Å². The molecule has 1 heterocycles. The summed E-state index contributed by atoms with van der Waals surface area (Å²) in [5.41, 5.74) is 1.80. The van der Waals surface area contributed by atoms with Crippen LogP contribution in [0, 0.1) is 12.3 Å². The fourth-order valence-electron chi connectivity index (χ4n) is 1.80. The molecule has 0 aliphatic rings. The quantitative estimate of drug-likeness (QED) is 0.537. The third-order valence-electron chi connectivity index (χ3n) is 2.67. The van der Waals surface area contributed by atoms with Crippen molar-refractivity contribution in [3.8, 4) is 12.3 Å². The van der Waals surface area contributed by atoms with E-state index in [0.29, 0.717) is 0 Å². The van der Waals surface area contributed by atoms with E-state index < -0.39 is 8.07 Å². The van der Waals surface area contributed by atoms with Crippen molar-refractivity contribution in [1.82, 2.24) is 4.98 Å². The van der Waals surface area contributed by atoms with Crippen LogP contribution in [0.15, 0.2) is 30.3 Å².